The number of carbonyl (C=O) groups excluding carboxylic acids is 2. The fraction of sp³-hybridized carbons (Fsp3) is 0.227. The van der Waals surface area contributed by atoms with Crippen LogP contribution in [0.25, 0.3) is 11.3 Å². The summed E-state index contributed by atoms with van der Waals surface area (Å²) in [5.74, 6) is -1.44. The Morgan fingerprint density at radius 3 is 2.44 bits per heavy atom. The highest BCUT2D eigenvalue weighted by atomic mass is 32.2. The molecule has 32 heavy (non-hydrogen) atoms. The molecule has 2 N–H and O–H groups in total. The van der Waals surface area contributed by atoms with Crippen molar-refractivity contribution >= 4 is 38.4 Å². The van der Waals surface area contributed by atoms with Crippen molar-refractivity contribution < 1.29 is 22.7 Å². The molecular formula is C22H23N3O5S2. The van der Waals surface area contributed by atoms with Crippen LogP contribution in [-0.4, -0.2) is 38.4 Å². The maximum absolute atomic E-state index is 12.3. The molecule has 168 valence electrons. The van der Waals surface area contributed by atoms with Gasteiger partial charge >= 0.3 is 5.97 Å². The van der Waals surface area contributed by atoms with Gasteiger partial charge in [0.2, 0.25) is 10.0 Å². The van der Waals surface area contributed by atoms with Crippen molar-refractivity contribution in [2.45, 2.75) is 25.7 Å². The van der Waals surface area contributed by atoms with Crippen LogP contribution < -0.4 is 10.0 Å². The lowest BCUT2D eigenvalue weighted by Crippen LogP contribution is -2.32. The lowest BCUT2D eigenvalue weighted by molar-refractivity contribution is -0.146. The lowest BCUT2D eigenvalue weighted by Gasteiger charge is -2.09. The van der Waals surface area contributed by atoms with E-state index >= 15 is 0 Å². The number of sulfonamides is 1. The Morgan fingerprint density at radius 1 is 1.03 bits per heavy atom. The molecule has 0 unspecified atom stereocenters. The number of carbonyl (C=O) groups is 2. The van der Waals surface area contributed by atoms with E-state index in [1.54, 1.807) is 13.0 Å². The van der Waals surface area contributed by atoms with Gasteiger partial charge in [-0.25, -0.2) is 13.4 Å². The summed E-state index contributed by atoms with van der Waals surface area (Å²) in [5.41, 5.74) is 4.56. The largest absolute Gasteiger partial charge is 0.455 e. The molecule has 0 aliphatic rings. The minimum absolute atomic E-state index is 0.0549. The third kappa shape index (κ3) is 6.22. The molecule has 0 atom stereocenters. The topological polar surface area (TPSA) is 114 Å². The van der Waals surface area contributed by atoms with Gasteiger partial charge in [0.05, 0.1) is 10.6 Å². The van der Waals surface area contributed by atoms with Crippen molar-refractivity contribution in [3.8, 4) is 11.3 Å². The quantitative estimate of drug-likeness (QED) is 0.486. The standard InChI is InChI=1S/C22H23N3O5S2/c1-14-4-7-17(8-5-14)19-13-31-22(24-19)25-20(26)12-30-21(27)11-23-32(28,29)18-9-6-15(2)16(3)10-18/h4-10,13,23H,11-12H2,1-3H3,(H,24,25,26). The highest BCUT2D eigenvalue weighted by Crippen LogP contribution is 2.25. The second-order valence-electron chi connectivity index (χ2n) is 7.18. The van der Waals surface area contributed by atoms with Gasteiger partial charge in [0.25, 0.3) is 5.91 Å². The van der Waals surface area contributed by atoms with Gasteiger partial charge < -0.3 is 4.74 Å². The number of hydrogen-bond donors (Lipinski definition) is 2. The zero-order valence-corrected chi connectivity index (χ0v) is 19.5. The van der Waals surface area contributed by atoms with E-state index in [0.29, 0.717) is 5.13 Å². The third-order valence-electron chi connectivity index (χ3n) is 4.66. The van der Waals surface area contributed by atoms with Crippen LogP contribution in [0.1, 0.15) is 16.7 Å². The van der Waals surface area contributed by atoms with Gasteiger partial charge in [0.1, 0.15) is 6.54 Å². The highest BCUT2D eigenvalue weighted by molar-refractivity contribution is 7.89. The Bertz CT molecular complexity index is 1230. The SMILES string of the molecule is Cc1ccc(-c2csc(NC(=O)COC(=O)CNS(=O)(=O)c3ccc(C)c(C)c3)n2)cc1. The van der Waals surface area contributed by atoms with Gasteiger partial charge in [0, 0.05) is 10.9 Å². The Balaban J connectivity index is 1.47. The number of rotatable bonds is 8. The summed E-state index contributed by atoms with van der Waals surface area (Å²) < 4.78 is 31.7. The molecule has 0 saturated heterocycles. The summed E-state index contributed by atoms with van der Waals surface area (Å²) in [7, 11) is -3.87. The van der Waals surface area contributed by atoms with Gasteiger partial charge in [-0.05, 0) is 44.0 Å². The van der Waals surface area contributed by atoms with E-state index in [4.69, 9.17) is 4.74 Å². The average Bonchev–Trinajstić information content (AvgIpc) is 3.21. The molecule has 0 aliphatic carbocycles. The van der Waals surface area contributed by atoms with E-state index in [1.807, 2.05) is 43.5 Å². The van der Waals surface area contributed by atoms with Crippen molar-refractivity contribution in [3.05, 3.63) is 64.5 Å². The zero-order valence-electron chi connectivity index (χ0n) is 17.8. The molecular weight excluding hydrogens is 450 g/mol. The summed E-state index contributed by atoms with van der Waals surface area (Å²) in [6.45, 7) is 4.52. The van der Waals surface area contributed by atoms with Gasteiger partial charge in [0.15, 0.2) is 11.7 Å². The van der Waals surface area contributed by atoms with Crippen molar-refractivity contribution in [1.82, 2.24) is 9.71 Å². The van der Waals surface area contributed by atoms with Crippen LogP contribution in [0.15, 0.2) is 52.7 Å². The first kappa shape index (κ1) is 23.6. The Morgan fingerprint density at radius 2 is 1.75 bits per heavy atom. The number of nitrogens with one attached hydrogen (secondary N) is 2. The first-order chi connectivity index (χ1) is 15.1. The number of ether oxygens (including phenoxy) is 1. The zero-order chi connectivity index (χ0) is 23.3. The van der Waals surface area contributed by atoms with Crippen molar-refractivity contribution in [1.29, 1.82) is 0 Å². The molecule has 1 heterocycles. The maximum Gasteiger partial charge on any atom is 0.321 e. The molecule has 0 fully saturated rings. The third-order valence-corrected chi connectivity index (χ3v) is 6.81. The number of esters is 1. The number of thiazole rings is 1. The van der Waals surface area contributed by atoms with E-state index in [-0.39, 0.29) is 4.90 Å². The van der Waals surface area contributed by atoms with E-state index in [2.05, 4.69) is 15.0 Å². The minimum Gasteiger partial charge on any atom is -0.455 e. The Hall–Kier alpha value is -3.08. The van der Waals surface area contributed by atoms with Gasteiger partial charge in [-0.3, -0.25) is 14.9 Å². The van der Waals surface area contributed by atoms with E-state index in [9.17, 15) is 18.0 Å². The minimum atomic E-state index is -3.87. The summed E-state index contributed by atoms with van der Waals surface area (Å²) in [5, 5.41) is 4.75. The predicted octanol–water partition coefficient (Wildman–Crippen LogP) is 3.20. The number of amides is 1. The van der Waals surface area contributed by atoms with Gasteiger partial charge in [-0.15, -0.1) is 11.3 Å². The van der Waals surface area contributed by atoms with Crippen molar-refractivity contribution in [3.63, 3.8) is 0 Å². The lowest BCUT2D eigenvalue weighted by atomic mass is 10.1. The first-order valence-electron chi connectivity index (χ1n) is 9.69. The van der Waals surface area contributed by atoms with E-state index in [1.165, 1.54) is 23.5 Å². The van der Waals surface area contributed by atoms with Crippen LogP contribution in [0.3, 0.4) is 0 Å². The molecule has 0 aliphatic heterocycles. The van der Waals surface area contributed by atoms with Crippen LogP contribution in [0.4, 0.5) is 5.13 Å². The summed E-state index contributed by atoms with van der Waals surface area (Å²) in [6.07, 6.45) is 0. The van der Waals surface area contributed by atoms with Crippen molar-refractivity contribution in [2.24, 2.45) is 0 Å². The maximum atomic E-state index is 12.3. The Kier molecular flexibility index (Phi) is 7.39. The number of hydrogen-bond acceptors (Lipinski definition) is 7. The van der Waals surface area contributed by atoms with Crippen LogP contribution in [0.5, 0.6) is 0 Å². The van der Waals surface area contributed by atoms with E-state index < -0.39 is 35.1 Å². The van der Waals surface area contributed by atoms with E-state index in [0.717, 1.165) is 27.9 Å². The fourth-order valence-corrected chi connectivity index (χ4v) is 4.45. The summed E-state index contributed by atoms with van der Waals surface area (Å²) >= 11 is 1.25. The van der Waals surface area contributed by atoms with Gasteiger partial charge in [-0.1, -0.05) is 35.9 Å². The smallest absolute Gasteiger partial charge is 0.321 e. The Labute approximate surface area is 190 Å². The molecule has 3 aromatic rings. The molecule has 0 bridgehead atoms. The molecule has 2 aromatic carbocycles. The average molecular weight is 474 g/mol. The number of aromatic nitrogens is 1. The second-order valence-corrected chi connectivity index (χ2v) is 9.81. The molecule has 1 amide bonds. The molecule has 8 nitrogen and oxygen atoms in total. The van der Waals surface area contributed by atoms with Crippen molar-refractivity contribution in [2.75, 3.05) is 18.5 Å². The second kappa shape index (κ2) is 10.0. The summed E-state index contributed by atoms with van der Waals surface area (Å²) in [4.78, 5) is 28.3. The monoisotopic (exact) mass is 473 g/mol. The van der Waals surface area contributed by atoms with Crippen LogP contribution in [0, 0.1) is 20.8 Å². The van der Waals surface area contributed by atoms with Crippen LogP contribution in [0.2, 0.25) is 0 Å². The molecule has 0 saturated carbocycles. The van der Waals surface area contributed by atoms with Gasteiger partial charge in [-0.2, -0.15) is 4.72 Å². The normalized spacial score (nSPS) is 11.2. The molecule has 10 heteroatoms. The molecule has 0 radical (unpaired) electrons. The summed E-state index contributed by atoms with van der Waals surface area (Å²) in [6, 6.07) is 12.5. The number of nitrogens with zero attached hydrogens (tertiary/aromatic N) is 1. The number of benzene rings is 2. The molecule has 0 spiro atoms. The first-order valence-corrected chi connectivity index (χ1v) is 12.1. The number of anilines is 1. The highest BCUT2D eigenvalue weighted by Gasteiger charge is 2.17. The van der Waals surface area contributed by atoms with Crippen LogP contribution >= 0.6 is 11.3 Å². The molecule has 1 aromatic heterocycles. The number of aryl methyl sites for hydroxylation is 3. The van der Waals surface area contributed by atoms with Crippen LogP contribution in [-0.2, 0) is 24.3 Å². The predicted molar refractivity (Wildman–Crippen MR) is 123 cm³/mol. The fourth-order valence-electron chi connectivity index (χ4n) is 2.66. The molecule has 3 rings (SSSR count).